The topological polar surface area (TPSA) is 54.3 Å². The van der Waals surface area contributed by atoms with Gasteiger partial charge in [-0.05, 0) is 44.7 Å². The van der Waals surface area contributed by atoms with Crippen molar-refractivity contribution >= 4 is 5.91 Å². The molecule has 1 unspecified atom stereocenters. The second-order valence-corrected chi connectivity index (χ2v) is 5.52. The lowest BCUT2D eigenvalue weighted by Crippen LogP contribution is -2.47. The lowest BCUT2D eigenvalue weighted by Gasteiger charge is -2.24. The summed E-state index contributed by atoms with van der Waals surface area (Å²) in [4.78, 5) is 12.0. The van der Waals surface area contributed by atoms with Gasteiger partial charge in [0.25, 0.3) is 0 Å². The molecule has 1 fully saturated rings. The van der Waals surface area contributed by atoms with Gasteiger partial charge in [0.15, 0.2) is 0 Å². The molecule has 1 aromatic rings. The minimum atomic E-state index is -0.162. The van der Waals surface area contributed by atoms with Crippen LogP contribution in [0, 0.1) is 5.92 Å². The van der Waals surface area contributed by atoms with Crippen LogP contribution in [-0.2, 0) is 11.3 Å². The quantitative estimate of drug-likeness (QED) is 0.830. The van der Waals surface area contributed by atoms with Gasteiger partial charge in [-0.1, -0.05) is 12.8 Å². The zero-order valence-electron chi connectivity index (χ0n) is 11.8. The van der Waals surface area contributed by atoms with E-state index >= 15 is 0 Å². The summed E-state index contributed by atoms with van der Waals surface area (Å²) in [6.45, 7) is 4.56. The van der Waals surface area contributed by atoms with Crippen molar-refractivity contribution in [3.63, 3.8) is 0 Å². The smallest absolute Gasteiger partial charge is 0.237 e. The van der Waals surface area contributed by atoms with Crippen LogP contribution in [0.5, 0.6) is 0 Å². The van der Waals surface area contributed by atoms with Gasteiger partial charge in [0, 0.05) is 6.04 Å². The predicted octanol–water partition coefficient (Wildman–Crippen LogP) is 2.45. The van der Waals surface area contributed by atoms with Crippen LogP contribution in [0.3, 0.4) is 0 Å². The van der Waals surface area contributed by atoms with Gasteiger partial charge < -0.3 is 15.1 Å². The summed E-state index contributed by atoms with van der Waals surface area (Å²) in [7, 11) is 0. The Morgan fingerprint density at radius 3 is 2.79 bits per heavy atom. The first kappa shape index (κ1) is 14.1. The summed E-state index contributed by atoms with van der Waals surface area (Å²) in [5, 5.41) is 6.29. The van der Waals surface area contributed by atoms with E-state index < -0.39 is 0 Å². The highest BCUT2D eigenvalue weighted by atomic mass is 16.3. The van der Waals surface area contributed by atoms with E-state index in [1.165, 1.54) is 25.7 Å². The van der Waals surface area contributed by atoms with E-state index in [2.05, 4.69) is 17.6 Å². The number of nitrogens with one attached hydrogen (secondary N) is 2. The molecule has 0 radical (unpaired) electrons. The van der Waals surface area contributed by atoms with Crippen LogP contribution >= 0.6 is 0 Å². The van der Waals surface area contributed by atoms with Crippen molar-refractivity contribution < 1.29 is 9.21 Å². The van der Waals surface area contributed by atoms with Crippen molar-refractivity contribution in [2.45, 2.75) is 58.2 Å². The molecule has 1 aromatic heterocycles. The summed E-state index contributed by atoms with van der Waals surface area (Å²) in [6.07, 6.45) is 6.85. The molecule has 19 heavy (non-hydrogen) atoms. The summed E-state index contributed by atoms with van der Waals surface area (Å²) >= 11 is 0. The zero-order valence-corrected chi connectivity index (χ0v) is 11.8. The van der Waals surface area contributed by atoms with Crippen LogP contribution in [-0.4, -0.2) is 18.0 Å². The minimum Gasteiger partial charge on any atom is -0.467 e. The molecule has 1 aliphatic rings. The average molecular weight is 264 g/mol. The third-order valence-corrected chi connectivity index (χ3v) is 4.03. The van der Waals surface area contributed by atoms with Gasteiger partial charge in [0.05, 0.1) is 18.8 Å². The van der Waals surface area contributed by atoms with E-state index in [-0.39, 0.29) is 11.9 Å². The Bertz CT molecular complexity index is 383. The largest absolute Gasteiger partial charge is 0.467 e. The highest BCUT2D eigenvalue weighted by molar-refractivity contribution is 5.81. The van der Waals surface area contributed by atoms with Gasteiger partial charge in [0.1, 0.15) is 5.76 Å². The Morgan fingerprint density at radius 1 is 1.42 bits per heavy atom. The minimum absolute atomic E-state index is 0.0289. The van der Waals surface area contributed by atoms with Crippen LogP contribution in [0.1, 0.15) is 45.3 Å². The molecule has 0 aromatic carbocycles. The second kappa shape index (κ2) is 6.75. The Morgan fingerprint density at radius 2 is 2.16 bits per heavy atom. The summed E-state index contributed by atoms with van der Waals surface area (Å²) in [6, 6.07) is 3.93. The standard InChI is InChI=1S/C15H24N2O2/c1-11(13-6-3-4-7-13)17-12(2)15(18)16-10-14-8-5-9-19-14/h5,8-9,11-13,17H,3-4,6-7,10H2,1-2H3,(H,16,18)/t11-,12?/m0/s1. The molecule has 4 heteroatoms. The fourth-order valence-electron chi connectivity index (χ4n) is 2.80. The van der Waals surface area contributed by atoms with E-state index in [0.717, 1.165) is 11.7 Å². The lowest BCUT2D eigenvalue weighted by atomic mass is 9.99. The van der Waals surface area contributed by atoms with Gasteiger partial charge in [-0.3, -0.25) is 4.79 Å². The van der Waals surface area contributed by atoms with Gasteiger partial charge in [-0.2, -0.15) is 0 Å². The molecule has 1 aliphatic carbocycles. The predicted molar refractivity (Wildman–Crippen MR) is 74.6 cm³/mol. The average Bonchev–Trinajstić information content (AvgIpc) is 3.08. The van der Waals surface area contributed by atoms with Crippen LogP contribution in [0.4, 0.5) is 0 Å². The van der Waals surface area contributed by atoms with Crippen molar-refractivity contribution in [3.8, 4) is 0 Å². The second-order valence-electron chi connectivity index (χ2n) is 5.52. The first-order chi connectivity index (χ1) is 9.16. The maximum absolute atomic E-state index is 12.0. The number of hydrogen-bond donors (Lipinski definition) is 2. The number of furan rings is 1. The van der Waals surface area contributed by atoms with Crippen molar-refractivity contribution in [3.05, 3.63) is 24.2 Å². The van der Waals surface area contributed by atoms with Crippen LogP contribution in [0.25, 0.3) is 0 Å². The van der Waals surface area contributed by atoms with Crippen molar-refractivity contribution in [2.24, 2.45) is 5.92 Å². The summed E-state index contributed by atoms with van der Waals surface area (Å²) in [5.74, 6) is 1.53. The molecule has 1 heterocycles. The monoisotopic (exact) mass is 264 g/mol. The number of rotatable bonds is 6. The van der Waals surface area contributed by atoms with E-state index in [9.17, 15) is 4.79 Å². The molecular weight excluding hydrogens is 240 g/mol. The Kier molecular flexibility index (Phi) is 5.02. The number of carbonyl (C=O) groups is 1. The first-order valence-corrected chi connectivity index (χ1v) is 7.23. The van der Waals surface area contributed by atoms with Crippen LogP contribution < -0.4 is 10.6 Å². The summed E-state index contributed by atoms with van der Waals surface area (Å²) < 4.78 is 5.19. The van der Waals surface area contributed by atoms with Gasteiger partial charge in [0.2, 0.25) is 5.91 Å². The Balaban J connectivity index is 1.72. The molecule has 0 spiro atoms. The van der Waals surface area contributed by atoms with Gasteiger partial charge >= 0.3 is 0 Å². The number of amides is 1. The maximum atomic E-state index is 12.0. The molecule has 0 bridgehead atoms. The normalized spacial score (nSPS) is 19.3. The van der Waals surface area contributed by atoms with Crippen molar-refractivity contribution in [1.29, 1.82) is 0 Å². The van der Waals surface area contributed by atoms with Gasteiger partial charge in [-0.25, -0.2) is 0 Å². The molecule has 1 saturated carbocycles. The zero-order chi connectivity index (χ0) is 13.7. The van der Waals surface area contributed by atoms with E-state index in [4.69, 9.17) is 4.42 Å². The molecule has 106 valence electrons. The SMILES string of the molecule is CC(N[C@@H](C)C1CCCC1)C(=O)NCc1ccco1. The number of hydrogen-bond acceptors (Lipinski definition) is 3. The maximum Gasteiger partial charge on any atom is 0.237 e. The third-order valence-electron chi connectivity index (χ3n) is 4.03. The third kappa shape index (κ3) is 4.10. The summed E-state index contributed by atoms with van der Waals surface area (Å²) in [5.41, 5.74) is 0. The fraction of sp³-hybridized carbons (Fsp3) is 0.667. The number of carbonyl (C=O) groups excluding carboxylic acids is 1. The van der Waals surface area contributed by atoms with Crippen LogP contribution in [0.2, 0.25) is 0 Å². The highest BCUT2D eigenvalue weighted by Crippen LogP contribution is 2.27. The van der Waals surface area contributed by atoms with Crippen molar-refractivity contribution in [1.82, 2.24) is 10.6 Å². The molecule has 2 atom stereocenters. The molecule has 1 amide bonds. The molecule has 2 rings (SSSR count). The Hall–Kier alpha value is -1.29. The molecule has 2 N–H and O–H groups in total. The van der Waals surface area contributed by atoms with Gasteiger partial charge in [-0.15, -0.1) is 0 Å². The van der Waals surface area contributed by atoms with E-state index in [1.54, 1.807) is 6.26 Å². The van der Waals surface area contributed by atoms with E-state index in [0.29, 0.717) is 12.6 Å². The molecule has 0 saturated heterocycles. The fourth-order valence-corrected chi connectivity index (χ4v) is 2.80. The molecular formula is C15H24N2O2. The van der Waals surface area contributed by atoms with Crippen LogP contribution in [0.15, 0.2) is 22.8 Å². The Labute approximate surface area is 114 Å². The van der Waals surface area contributed by atoms with Crippen molar-refractivity contribution in [2.75, 3.05) is 0 Å². The first-order valence-electron chi connectivity index (χ1n) is 7.23. The van der Waals surface area contributed by atoms with E-state index in [1.807, 2.05) is 19.1 Å². The molecule has 0 aliphatic heterocycles. The molecule has 4 nitrogen and oxygen atoms in total. The highest BCUT2D eigenvalue weighted by Gasteiger charge is 2.24. The lowest BCUT2D eigenvalue weighted by molar-refractivity contribution is -0.123.